The molecule has 0 aliphatic heterocycles. The van der Waals surface area contributed by atoms with Crippen molar-refractivity contribution in [1.29, 1.82) is 0 Å². The van der Waals surface area contributed by atoms with Gasteiger partial charge >= 0.3 is 6.18 Å². The van der Waals surface area contributed by atoms with Crippen LogP contribution in [0.5, 0.6) is 0 Å². The highest BCUT2D eigenvalue weighted by atomic mass is 35.5. The molecule has 0 saturated heterocycles. The number of alkyl halides is 3. The van der Waals surface area contributed by atoms with E-state index in [-0.39, 0.29) is 5.28 Å². The number of hydrogen-bond acceptors (Lipinski definition) is 3. The Bertz CT molecular complexity index is 491. The molecule has 0 spiro atoms. The molecule has 0 N–H and O–H groups in total. The van der Waals surface area contributed by atoms with Gasteiger partial charge in [-0.2, -0.15) is 17.9 Å². The lowest BCUT2D eigenvalue weighted by Gasteiger charge is -2.07. The van der Waals surface area contributed by atoms with E-state index in [9.17, 15) is 13.2 Å². The minimum Gasteiger partial charge on any atom is -0.183 e. The number of tetrazole rings is 1. The molecule has 0 bridgehead atoms. The highest BCUT2D eigenvalue weighted by Gasteiger charge is 2.30. The summed E-state index contributed by atoms with van der Waals surface area (Å²) < 4.78 is 37.9. The maximum atomic E-state index is 12.3. The van der Waals surface area contributed by atoms with E-state index >= 15 is 0 Å². The third-order valence-electron chi connectivity index (χ3n) is 1.87. The van der Waals surface area contributed by atoms with Gasteiger partial charge in [-0.1, -0.05) is 5.10 Å². The van der Waals surface area contributed by atoms with Crippen molar-refractivity contribution in [2.45, 2.75) is 6.18 Å². The normalized spacial score (nSPS) is 11.8. The number of halogens is 4. The summed E-state index contributed by atoms with van der Waals surface area (Å²) in [7, 11) is 0. The average Bonchev–Trinajstić information content (AvgIpc) is 2.63. The van der Waals surface area contributed by atoms with Crippen LogP contribution in [0.15, 0.2) is 24.3 Å². The molecule has 0 unspecified atom stereocenters. The van der Waals surface area contributed by atoms with E-state index in [1.165, 1.54) is 12.1 Å². The Morgan fingerprint density at radius 3 is 2.19 bits per heavy atom. The number of benzene rings is 1. The van der Waals surface area contributed by atoms with E-state index in [2.05, 4.69) is 15.5 Å². The molecule has 0 saturated carbocycles. The van der Waals surface area contributed by atoms with Crippen molar-refractivity contribution in [3.63, 3.8) is 0 Å². The van der Waals surface area contributed by atoms with E-state index in [0.29, 0.717) is 5.69 Å². The zero-order chi connectivity index (χ0) is 11.8. The summed E-state index contributed by atoms with van der Waals surface area (Å²) >= 11 is 5.61. The molecule has 1 aromatic carbocycles. The molecule has 1 heterocycles. The second-order valence-corrected chi connectivity index (χ2v) is 3.24. The fourth-order valence-corrected chi connectivity index (χ4v) is 1.29. The van der Waals surface area contributed by atoms with Crippen molar-refractivity contribution in [3.8, 4) is 5.69 Å². The first-order valence-electron chi connectivity index (χ1n) is 4.10. The second kappa shape index (κ2) is 3.75. The van der Waals surface area contributed by atoms with Crippen molar-refractivity contribution in [1.82, 2.24) is 20.2 Å². The van der Waals surface area contributed by atoms with Crippen molar-refractivity contribution in [2.24, 2.45) is 0 Å². The molecular weight excluding hydrogens is 245 g/mol. The van der Waals surface area contributed by atoms with Crippen molar-refractivity contribution < 1.29 is 13.2 Å². The van der Waals surface area contributed by atoms with Gasteiger partial charge in [0.1, 0.15) is 0 Å². The Labute approximate surface area is 92.6 Å². The molecule has 0 fully saturated rings. The molecule has 4 nitrogen and oxygen atoms in total. The Morgan fingerprint density at radius 1 is 1.12 bits per heavy atom. The van der Waals surface area contributed by atoms with E-state index < -0.39 is 11.7 Å². The molecule has 0 atom stereocenters. The topological polar surface area (TPSA) is 43.6 Å². The monoisotopic (exact) mass is 248 g/mol. The largest absolute Gasteiger partial charge is 0.416 e. The van der Waals surface area contributed by atoms with Gasteiger partial charge < -0.3 is 0 Å². The maximum absolute atomic E-state index is 12.3. The molecule has 0 aliphatic carbocycles. The highest BCUT2D eigenvalue weighted by molar-refractivity contribution is 6.28. The Morgan fingerprint density at radius 2 is 1.75 bits per heavy atom. The van der Waals surface area contributed by atoms with Crippen LogP contribution in [0.3, 0.4) is 0 Å². The molecule has 84 valence electrons. The molecule has 16 heavy (non-hydrogen) atoms. The van der Waals surface area contributed by atoms with Gasteiger partial charge in [0.15, 0.2) is 0 Å². The molecular formula is C8H4ClF3N4. The van der Waals surface area contributed by atoms with Crippen LogP contribution in [0.1, 0.15) is 5.56 Å². The number of nitrogens with zero attached hydrogens (tertiary/aromatic N) is 4. The second-order valence-electron chi connectivity index (χ2n) is 2.90. The van der Waals surface area contributed by atoms with Crippen LogP contribution >= 0.6 is 11.6 Å². The van der Waals surface area contributed by atoms with Crippen molar-refractivity contribution in [2.75, 3.05) is 0 Å². The van der Waals surface area contributed by atoms with Crippen LogP contribution in [0.2, 0.25) is 5.28 Å². The summed E-state index contributed by atoms with van der Waals surface area (Å²) in [6, 6.07) is 4.36. The summed E-state index contributed by atoms with van der Waals surface area (Å²) in [6.45, 7) is 0. The van der Waals surface area contributed by atoms with Gasteiger partial charge in [-0.05, 0) is 46.3 Å². The lowest BCUT2D eigenvalue weighted by atomic mass is 10.2. The predicted molar refractivity (Wildman–Crippen MR) is 49.2 cm³/mol. The Kier molecular flexibility index (Phi) is 2.55. The van der Waals surface area contributed by atoms with Crippen LogP contribution in [-0.4, -0.2) is 20.2 Å². The van der Waals surface area contributed by atoms with Crippen molar-refractivity contribution >= 4 is 11.6 Å². The van der Waals surface area contributed by atoms with E-state index in [4.69, 9.17) is 11.6 Å². The van der Waals surface area contributed by atoms with Crippen molar-refractivity contribution in [3.05, 3.63) is 35.1 Å². The minimum atomic E-state index is -4.36. The highest BCUT2D eigenvalue weighted by Crippen LogP contribution is 2.29. The van der Waals surface area contributed by atoms with Gasteiger partial charge in [-0.25, -0.2) is 0 Å². The summed E-state index contributed by atoms with van der Waals surface area (Å²) in [5.74, 6) is 0. The number of aromatic nitrogens is 4. The summed E-state index contributed by atoms with van der Waals surface area (Å²) in [5, 5.41) is 10.2. The quantitative estimate of drug-likeness (QED) is 0.778. The predicted octanol–water partition coefficient (Wildman–Crippen LogP) is 2.33. The average molecular weight is 249 g/mol. The lowest BCUT2D eigenvalue weighted by molar-refractivity contribution is -0.137. The molecule has 2 aromatic rings. The van der Waals surface area contributed by atoms with Crippen LogP contribution in [0.25, 0.3) is 5.69 Å². The zero-order valence-corrected chi connectivity index (χ0v) is 8.37. The fourth-order valence-electron chi connectivity index (χ4n) is 1.13. The molecule has 2 rings (SSSR count). The smallest absolute Gasteiger partial charge is 0.183 e. The third kappa shape index (κ3) is 1.99. The first-order chi connectivity index (χ1) is 7.48. The first-order valence-corrected chi connectivity index (χ1v) is 4.48. The van der Waals surface area contributed by atoms with Crippen LogP contribution in [-0.2, 0) is 6.18 Å². The molecule has 0 aliphatic rings. The molecule has 8 heteroatoms. The maximum Gasteiger partial charge on any atom is 0.416 e. The van der Waals surface area contributed by atoms with E-state index in [0.717, 1.165) is 16.8 Å². The van der Waals surface area contributed by atoms with E-state index in [1.807, 2.05) is 0 Å². The Hall–Kier alpha value is -1.63. The SMILES string of the molecule is FC(F)(F)c1ccc(-n2nnnc2Cl)cc1. The van der Waals surface area contributed by atoms with Crippen LogP contribution < -0.4 is 0 Å². The fraction of sp³-hybridized carbons (Fsp3) is 0.125. The number of rotatable bonds is 1. The van der Waals surface area contributed by atoms with Gasteiger partial charge in [-0.3, -0.25) is 0 Å². The summed E-state index contributed by atoms with van der Waals surface area (Å²) in [5.41, 5.74) is -0.372. The summed E-state index contributed by atoms with van der Waals surface area (Å²) in [4.78, 5) is 0. The third-order valence-corrected chi connectivity index (χ3v) is 2.11. The molecule has 1 aromatic heterocycles. The molecule has 0 radical (unpaired) electrons. The lowest BCUT2D eigenvalue weighted by Crippen LogP contribution is -2.05. The van der Waals surface area contributed by atoms with Gasteiger partial charge in [0.2, 0.25) is 5.28 Å². The molecule has 0 amide bonds. The van der Waals surface area contributed by atoms with Crippen LogP contribution in [0, 0.1) is 0 Å². The van der Waals surface area contributed by atoms with Gasteiger partial charge in [0.25, 0.3) is 0 Å². The number of hydrogen-bond donors (Lipinski definition) is 0. The van der Waals surface area contributed by atoms with E-state index in [1.54, 1.807) is 0 Å². The standard InChI is InChI=1S/C8H4ClF3N4/c9-7-13-14-15-16(7)6-3-1-5(2-4-6)8(10,11)12/h1-4H. The first kappa shape index (κ1) is 10.9. The summed E-state index contributed by atoms with van der Waals surface area (Å²) in [6.07, 6.45) is -4.36. The van der Waals surface area contributed by atoms with Gasteiger partial charge in [-0.15, -0.1) is 0 Å². The Balaban J connectivity index is 2.37. The zero-order valence-electron chi connectivity index (χ0n) is 7.61. The minimum absolute atomic E-state index is 0.0141. The van der Waals surface area contributed by atoms with Gasteiger partial charge in [0.05, 0.1) is 11.3 Å². The van der Waals surface area contributed by atoms with Crippen LogP contribution in [0.4, 0.5) is 13.2 Å². The van der Waals surface area contributed by atoms with Gasteiger partial charge in [0, 0.05) is 0 Å².